The minimum atomic E-state index is -0.292. The molecule has 1 amide bonds. The number of nitrogens with zero attached hydrogens (tertiary/aromatic N) is 2. The quantitative estimate of drug-likeness (QED) is 0.790. The number of likely N-dealkylation sites (tertiary alicyclic amines) is 1. The van der Waals surface area contributed by atoms with Crippen LogP contribution in [-0.4, -0.2) is 74.7 Å². The van der Waals surface area contributed by atoms with E-state index in [1.165, 1.54) is 25.9 Å². The van der Waals surface area contributed by atoms with Gasteiger partial charge in [-0.15, -0.1) is 0 Å². The van der Waals surface area contributed by atoms with Gasteiger partial charge in [-0.2, -0.15) is 0 Å². The molecule has 0 radical (unpaired) electrons. The van der Waals surface area contributed by atoms with Crippen LogP contribution >= 0.6 is 0 Å². The maximum atomic E-state index is 12.0. The lowest BCUT2D eigenvalue weighted by Gasteiger charge is -2.31. The van der Waals surface area contributed by atoms with Gasteiger partial charge in [0.15, 0.2) is 0 Å². The predicted molar refractivity (Wildman–Crippen MR) is 75.1 cm³/mol. The van der Waals surface area contributed by atoms with Crippen molar-refractivity contribution in [3.05, 3.63) is 0 Å². The molecule has 5 heteroatoms. The number of ether oxygens (including phenoxy) is 1. The van der Waals surface area contributed by atoms with Crippen LogP contribution in [0.4, 0.5) is 0 Å². The molecule has 1 N–H and O–H groups in total. The number of carbonyl (C=O) groups excluding carboxylic acids is 1. The van der Waals surface area contributed by atoms with Gasteiger partial charge in [0.25, 0.3) is 5.91 Å². The summed E-state index contributed by atoms with van der Waals surface area (Å²) in [7, 11) is 2.03. The van der Waals surface area contributed by atoms with Crippen LogP contribution in [0.25, 0.3) is 0 Å². The van der Waals surface area contributed by atoms with Gasteiger partial charge in [0, 0.05) is 26.2 Å². The van der Waals surface area contributed by atoms with E-state index in [1.807, 2.05) is 7.05 Å². The van der Waals surface area contributed by atoms with Gasteiger partial charge in [-0.25, -0.2) is 0 Å². The Labute approximate surface area is 116 Å². The maximum absolute atomic E-state index is 12.0. The molecule has 0 spiro atoms. The lowest BCUT2D eigenvalue weighted by Crippen LogP contribution is -2.49. The largest absolute Gasteiger partial charge is 0.366 e. The lowest BCUT2D eigenvalue weighted by atomic mass is 9.99. The first-order valence-electron chi connectivity index (χ1n) is 7.45. The average Bonchev–Trinajstić information content (AvgIpc) is 2.41. The van der Waals surface area contributed by atoms with Crippen LogP contribution in [0.15, 0.2) is 0 Å². The van der Waals surface area contributed by atoms with Crippen molar-refractivity contribution in [2.24, 2.45) is 5.92 Å². The molecule has 2 rings (SSSR count). The Balaban J connectivity index is 1.61. The van der Waals surface area contributed by atoms with E-state index in [1.54, 1.807) is 0 Å². The number of piperidine rings is 1. The molecule has 0 aromatic rings. The number of rotatable bonds is 4. The first kappa shape index (κ1) is 14.8. The van der Waals surface area contributed by atoms with Crippen molar-refractivity contribution < 1.29 is 9.53 Å². The third-order valence-corrected chi connectivity index (χ3v) is 4.17. The van der Waals surface area contributed by atoms with Crippen LogP contribution in [0.3, 0.4) is 0 Å². The zero-order valence-corrected chi connectivity index (χ0v) is 12.2. The highest BCUT2D eigenvalue weighted by molar-refractivity contribution is 5.81. The Morgan fingerprint density at radius 2 is 2.05 bits per heavy atom. The van der Waals surface area contributed by atoms with E-state index in [0.29, 0.717) is 13.2 Å². The van der Waals surface area contributed by atoms with Gasteiger partial charge in [-0.05, 0) is 38.9 Å². The third kappa shape index (κ3) is 4.75. The molecule has 2 heterocycles. The summed E-state index contributed by atoms with van der Waals surface area (Å²) < 4.78 is 5.50. The first-order chi connectivity index (χ1) is 9.15. The Bertz CT molecular complexity index is 290. The fraction of sp³-hybridized carbons (Fsp3) is 0.929. The van der Waals surface area contributed by atoms with Gasteiger partial charge in [-0.1, -0.05) is 6.92 Å². The van der Waals surface area contributed by atoms with E-state index < -0.39 is 0 Å². The minimum absolute atomic E-state index is 0.0388. The molecule has 0 aromatic carbocycles. The van der Waals surface area contributed by atoms with Gasteiger partial charge >= 0.3 is 0 Å². The number of hydrogen-bond acceptors (Lipinski definition) is 4. The summed E-state index contributed by atoms with van der Waals surface area (Å²) in [5, 5.41) is 3.00. The zero-order valence-electron chi connectivity index (χ0n) is 12.2. The standard InChI is InChI=1S/C14H27N3O2/c1-12-3-6-17(7-4-12)8-5-15-14(18)13-11-16(2)9-10-19-13/h12-13H,3-11H2,1-2H3,(H,15,18). The molecule has 2 fully saturated rings. The summed E-state index contributed by atoms with van der Waals surface area (Å²) in [5.74, 6) is 0.897. The van der Waals surface area contributed by atoms with Crippen LogP contribution in [-0.2, 0) is 9.53 Å². The second kappa shape index (κ2) is 7.22. The van der Waals surface area contributed by atoms with Crippen molar-refractivity contribution in [1.82, 2.24) is 15.1 Å². The van der Waals surface area contributed by atoms with Crippen LogP contribution in [0, 0.1) is 5.92 Å². The number of morpholine rings is 1. The molecule has 19 heavy (non-hydrogen) atoms. The van der Waals surface area contributed by atoms with Gasteiger partial charge in [0.1, 0.15) is 6.10 Å². The number of likely N-dealkylation sites (N-methyl/N-ethyl adjacent to an activating group) is 1. The molecule has 2 aliphatic rings. The molecule has 2 saturated heterocycles. The molecule has 0 saturated carbocycles. The van der Waals surface area contributed by atoms with Crippen molar-refractivity contribution in [1.29, 1.82) is 0 Å². The summed E-state index contributed by atoms with van der Waals surface area (Å²) in [4.78, 5) is 16.5. The van der Waals surface area contributed by atoms with Crippen molar-refractivity contribution in [3.8, 4) is 0 Å². The van der Waals surface area contributed by atoms with Gasteiger partial charge in [0.05, 0.1) is 6.61 Å². The zero-order chi connectivity index (χ0) is 13.7. The average molecular weight is 269 g/mol. The van der Waals surface area contributed by atoms with Crippen LogP contribution in [0.1, 0.15) is 19.8 Å². The van der Waals surface area contributed by atoms with Gasteiger partial charge in [-0.3, -0.25) is 4.79 Å². The lowest BCUT2D eigenvalue weighted by molar-refractivity contribution is -0.137. The number of nitrogens with one attached hydrogen (secondary N) is 1. The van der Waals surface area contributed by atoms with Crippen molar-refractivity contribution in [2.75, 3.05) is 52.9 Å². The summed E-state index contributed by atoms with van der Waals surface area (Å²) >= 11 is 0. The van der Waals surface area contributed by atoms with Crippen molar-refractivity contribution >= 4 is 5.91 Å². The Morgan fingerprint density at radius 1 is 1.32 bits per heavy atom. The SMILES string of the molecule is CC1CCN(CCNC(=O)C2CN(C)CCO2)CC1. The highest BCUT2D eigenvalue weighted by Gasteiger charge is 2.24. The molecule has 1 unspecified atom stereocenters. The normalized spacial score (nSPS) is 27.4. The number of hydrogen-bond donors (Lipinski definition) is 1. The highest BCUT2D eigenvalue weighted by Crippen LogP contribution is 2.15. The van der Waals surface area contributed by atoms with E-state index in [2.05, 4.69) is 22.0 Å². The predicted octanol–water partition coefficient (Wildman–Crippen LogP) is 0.165. The molecule has 0 aromatic heterocycles. The van der Waals surface area contributed by atoms with Crippen molar-refractivity contribution in [2.45, 2.75) is 25.9 Å². The maximum Gasteiger partial charge on any atom is 0.250 e. The Morgan fingerprint density at radius 3 is 2.74 bits per heavy atom. The molecule has 1 atom stereocenters. The highest BCUT2D eigenvalue weighted by atomic mass is 16.5. The van der Waals surface area contributed by atoms with Crippen LogP contribution in [0.2, 0.25) is 0 Å². The summed E-state index contributed by atoms with van der Waals surface area (Å²) in [6.07, 6.45) is 2.27. The van der Waals surface area contributed by atoms with E-state index in [0.717, 1.165) is 25.6 Å². The molecular formula is C14H27N3O2. The topological polar surface area (TPSA) is 44.8 Å². The number of amides is 1. The van der Waals surface area contributed by atoms with E-state index in [-0.39, 0.29) is 12.0 Å². The number of carbonyl (C=O) groups is 1. The summed E-state index contributed by atoms with van der Waals surface area (Å²) in [6.45, 7) is 8.61. The minimum Gasteiger partial charge on any atom is -0.366 e. The molecular weight excluding hydrogens is 242 g/mol. The van der Waals surface area contributed by atoms with Crippen LogP contribution in [0.5, 0.6) is 0 Å². The van der Waals surface area contributed by atoms with Gasteiger partial charge in [0.2, 0.25) is 0 Å². The summed E-state index contributed by atoms with van der Waals surface area (Å²) in [6, 6.07) is 0. The Kier molecular flexibility index (Phi) is 5.60. The fourth-order valence-electron chi connectivity index (χ4n) is 2.67. The molecule has 0 bridgehead atoms. The third-order valence-electron chi connectivity index (χ3n) is 4.17. The molecule has 110 valence electrons. The van der Waals surface area contributed by atoms with Crippen LogP contribution < -0.4 is 5.32 Å². The smallest absolute Gasteiger partial charge is 0.250 e. The van der Waals surface area contributed by atoms with Crippen molar-refractivity contribution in [3.63, 3.8) is 0 Å². The van der Waals surface area contributed by atoms with E-state index in [4.69, 9.17) is 4.74 Å². The molecule has 2 aliphatic heterocycles. The van der Waals surface area contributed by atoms with E-state index >= 15 is 0 Å². The monoisotopic (exact) mass is 269 g/mol. The molecule has 5 nitrogen and oxygen atoms in total. The summed E-state index contributed by atoms with van der Waals surface area (Å²) in [5.41, 5.74) is 0. The second-order valence-electron chi connectivity index (χ2n) is 5.94. The first-order valence-corrected chi connectivity index (χ1v) is 7.45. The molecule has 0 aliphatic carbocycles. The second-order valence-corrected chi connectivity index (χ2v) is 5.94. The Hall–Kier alpha value is -0.650. The van der Waals surface area contributed by atoms with E-state index in [9.17, 15) is 4.79 Å². The fourth-order valence-corrected chi connectivity index (χ4v) is 2.67. The van der Waals surface area contributed by atoms with Gasteiger partial charge < -0.3 is 19.9 Å².